The molecule has 1 atom stereocenters. The van der Waals surface area contributed by atoms with Crippen molar-refractivity contribution in [2.45, 2.75) is 12.6 Å². The van der Waals surface area contributed by atoms with Gasteiger partial charge in [-0.2, -0.15) is 5.10 Å². The van der Waals surface area contributed by atoms with Crippen LogP contribution >= 0.6 is 0 Å². The van der Waals surface area contributed by atoms with Gasteiger partial charge in [-0.1, -0.05) is 0 Å². The van der Waals surface area contributed by atoms with E-state index in [1.165, 1.54) is 0 Å². The van der Waals surface area contributed by atoms with E-state index in [-0.39, 0.29) is 18.6 Å². The molecular weight excluding hydrogens is 208 g/mol. The summed E-state index contributed by atoms with van der Waals surface area (Å²) in [6.45, 7) is 2.51. The second kappa shape index (κ2) is 5.09. The highest BCUT2D eigenvalue weighted by atomic mass is 16.5. The number of nitrogens with two attached hydrogens (primary N) is 1. The summed E-state index contributed by atoms with van der Waals surface area (Å²) in [5.74, 6) is 0.0606. The molecule has 1 aromatic rings. The van der Waals surface area contributed by atoms with Crippen LogP contribution in [0.2, 0.25) is 0 Å². The van der Waals surface area contributed by atoms with E-state index in [4.69, 9.17) is 10.5 Å². The Morgan fingerprint density at radius 3 is 3.19 bits per heavy atom. The Hall–Kier alpha value is -1.40. The molecule has 1 saturated heterocycles. The average molecular weight is 224 g/mol. The molecule has 1 fully saturated rings. The molecule has 16 heavy (non-hydrogen) atoms. The monoisotopic (exact) mass is 224 g/mol. The van der Waals surface area contributed by atoms with Gasteiger partial charge in [0.15, 0.2) is 0 Å². The second-order valence-corrected chi connectivity index (χ2v) is 3.77. The molecule has 1 aromatic heterocycles. The van der Waals surface area contributed by atoms with Crippen molar-refractivity contribution in [3.05, 3.63) is 18.5 Å². The Balaban J connectivity index is 1.89. The van der Waals surface area contributed by atoms with E-state index in [9.17, 15) is 4.79 Å². The SMILES string of the molecule is NCC1CN(C(=O)Cn2cccn2)CCO1. The van der Waals surface area contributed by atoms with E-state index >= 15 is 0 Å². The largest absolute Gasteiger partial charge is 0.373 e. The quantitative estimate of drug-likeness (QED) is 0.720. The molecule has 0 bridgehead atoms. The van der Waals surface area contributed by atoms with Gasteiger partial charge in [-0.25, -0.2) is 0 Å². The molecule has 2 rings (SSSR count). The maximum absolute atomic E-state index is 11.9. The number of morpholine rings is 1. The molecule has 0 aromatic carbocycles. The van der Waals surface area contributed by atoms with Gasteiger partial charge in [0.1, 0.15) is 6.54 Å². The smallest absolute Gasteiger partial charge is 0.244 e. The van der Waals surface area contributed by atoms with Crippen LogP contribution in [0.5, 0.6) is 0 Å². The first-order valence-corrected chi connectivity index (χ1v) is 5.36. The molecular formula is C10H16N4O2. The normalized spacial score (nSPS) is 21.1. The third kappa shape index (κ3) is 2.59. The van der Waals surface area contributed by atoms with E-state index in [1.54, 1.807) is 28.0 Å². The zero-order chi connectivity index (χ0) is 11.4. The van der Waals surface area contributed by atoms with Gasteiger partial charge in [0.25, 0.3) is 0 Å². The number of carbonyl (C=O) groups excluding carboxylic acids is 1. The summed E-state index contributed by atoms with van der Waals surface area (Å²) in [5, 5.41) is 4.00. The van der Waals surface area contributed by atoms with Gasteiger partial charge in [-0.05, 0) is 6.07 Å². The van der Waals surface area contributed by atoms with Crippen LogP contribution in [0.1, 0.15) is 0 Å². The molecule has 6 heteroatoms. The van der Waals surface area contributed by atoms with Crippen molar-refractivity contribution in [2.75, 3.05) is 26.2 Å². The maximum Gasteiger partial charge on any atom is 0.244 e. The van der Waals surface area contributed by atoms with Crippen LogP contribution in [-0.4, -0.2) is 52.9 Å². The highest BCUT2D eigenvalue weighted by Gasteiger charge is 2.23. The van der Waals surface area contributed by atoms with Gasteiger partial charge in [0, 0.05) is 32.0 Å². The minimum atomic E-state index is -0.0321. The zero-order valence-corrected chi connectivity index (χ0v) is 9.08. The number of aromatic nitrogens is 2. The van der Waals surface area contributed by atoms with E-state index in [0.29, 0.717) is 26.2 Å². The molecule has 6 nitrogen and oxygen atoms in total. The molecule has 0 saturated carbocycles. The van der Waals surface area contributed by atoms with Gasteiger partial charge < -0.3 is 15.4 Å². The number of rotatable bonds is 3. The fourth-order valence-electron chi connectivity index (χ4n) is 1.72. The third-order valence-corrected chi connectivity index (χ3v) is 2.61. The molecule has 2 N–H and O–H groups in total. The molecule has 1 aliphatic rings. The van der Waals surface area contributed by atoms with Gasteiger partial charge in [0.05, 0.1) is 12.7 Å². The summed E-state index contributed by atoms with van der Waals surface area (Å²) in [5.41, 5.74) is 5.52. The van der Waals surface area contributed by atoms with E-state index in [2.05, 4.69) is 5.10 Å². The van der Waals surface area contributed by atoms with E-state index in [0.717, 1.165) is 0 Å². The van der Waals surface area contributed by atoms with Crippen LogP contribution in [-0.2, 0) is 16.1 Å². The fourth-order valence-corrected chi connectivity index (χ4v) is 1.72. The number of nitrogens with zero attached hydrogens (tertiary/aromatic N) is 3. The Morgan fingerprint density at radius 1 is 1.62 bits per heavy atom. The van der Waals surface area contributed by atoms with Crippen LogP contribution in [0, 0.1) is 0 Å². The first-order valence-electron chi connectivity index (χ1n) is 5.36. The predicted molar refractivity (Wildman–Crippen MR) is 57.6 cm³/mol. The van der Waals surface area contributed by atoms with Crippen molar-refractivity contribution in [2.24, 2.45) is 5.73 Å². The summed E-state index contributed by atoms with van der Waals surface area (Å²) < 4.78 is 7.02. The number of amides is 1. The standard InChI is InChI=1S/C10H16N4O2/c11-6-9-7-13(4-5-16-9)10(15)8-14-3-1-2-12-14/h1-3,9H,4-8,11H2. The maximum atomic E-state index is 11.9. The Morgan fingerprint density at radius 2 is 2.50 bits per heavy atom. The van der Waals surface area contributed by atoms with Crippen molar-refractivity contribution in [3.63, 3.8) is 0 Å². The lowest BCUT2D eigenvalue weighted by Gasteiger charge is -2.32. The molecule has 0 spiro atoms. The zero-order valence-electron chi connectivity index (χ0n) is 9.08. The summed E-state index contributed by atoms with van der Waals surface area (Å²) in [6.07, 6.45) is 3.41. The number of hydrogen-bond donors (Lipinski definition) is 1. The Kier molecular flexibility index (Phi) is 3.53. The van der Waals surface area contributed by atoms with Gasteiger partial charge >= 0.3 is 0 Å². The summed E-state index contributed by atoms with van der Waals surface area (Å²) in [7, 11) is 0. The van der Waals surface area contributed by atoms with Crippen molar-refractivity contribution in [1.82, 2.24) is 14.7 Å². The van der Waals surface area contributed by atoms with E-state index < -0.39 is 0 Å². The molecule has 1 unspecified atom stereocenters. The molecule has 0 aliphatic carbocycles. The van der Waals surface area contributed by atoms with Crippen molar-refractivity contribution in [3.8, 4) is 0 Å². The molecule has 1 amide bonds. The molecule has 2 heterocycles. The van der Waals surface area contributed by atoms with Crippen LogP contribution in [0.15, 0.2) is 18.5 Å². The Bertz CT molecular complexity index is 339. The van der Waals surface area contributed by atoms with Crippen LogP contribution in [0.25, 0.3) is 0 Å². The van der Waals surface area contributed by atoms with Gasteiger partial charge in [0.2, 0.25) is 5.91 Å². The number of carbonyl (C=O) groups is 1. The highest BCUT2D eigenvalue weighted by molar-refractivity contribution is 5.76. The highest BCUT2D eigenvalue weighted by Crippen LogP contribution is 2.05. The van der Waals surface area contributed by atoms with Crippen LogP contribution < -0.4 is 5.73 Å². The fraction of sp³-hybridized carbons (Fsp3) is 0.600. The van der Waals surface area contributed by atoms with Crippen LogP contribution in [0.4, 0.5) is 0 Å². The molecule has 88 valence electrons. The third-order valence-electron chi connectivity index (χ3n) is 2.61. The van der Waals surface area contributed by atoms with Crippen molar-refractivity contribution >= 4 is 5.91 Å². The molecule has 1 aliphatic heterocycles. The summed E-state index contributed by atoms with van der Waals surface area (Å²) in [4.78, 5) is 13.7. The lowest BCUT2D eigenvalue weighted by atomic mass is 10.2. The van der Waals surface area contributed by atoms with Crippen LogP contribution in [0.3, 0.4) is 0 Å². The van der Waals surface area contributed by atoms with E-state index in [1.807, 2.05) is 0 Å². The summed E-state index contributed by atoms with van der Waals surface area (Å²) >= 11 is 0. The Labute approximate surface area is 94.0 Å². The number of hydrogen-bond acceptors (Lipinski definition) is 4. The van der Waals surface area contributed by atoms with Gasteiger partial charge in [-0.15, -0.1) is 0 Å². The number of ether oxygens (including phenoxy) is 1. The minimum absolute atomic E-state index is 0.0321. The van der Waals surface area contributed by atoms with Gasteiger partial charge in [-0.3, -0.25) is 9.48 Å². The van der Waals surface area contributed by atoms with Crippen molar-refractivity contribution < 1.29 is 9.53 Å². The topological polar surface area (TPSA) is 73.4 Å². The first kappa shape index (κ1) is 11.1. The van der Waals surface area contributed by atoms with Crippen molar-refractivity contribution in [1.29, 1.82) is 0 Å². The summed E-state index contributed by atoms with van der Waals surface area (Å²) in [6, 6.07) is 1.80. The lowest BCUT2D eigenvalue weighted by molar-refractivity contribution is -0.139. The minimum Gasteiger partial charge on any atom is -0.373 e. The average Bonchev–Trinajstić information content (AvgIpc) is 2.82. The first-order chi connectivity index (χ1) is 7.79. The molecule has 0 radical (unpaired) electrons. The lowest BCUT2D eigenvalue weighted by Crippen LogP contribution is -2.49. The second-order valence-electron chi connectivity index (χ2n) is 3.77. The predicted octanol–water partition coefficient (Wildman–Crippen LogP) is -0.931.